The molecule has 3 aromatic rings. The Labute approximate surface area is 161 Å². The second-order valence-electron chi connectivity index (χ2n) is 6.66. The standard InChI is InChI=1S/C19H20N6O3/c1-11-14(3-4-15-16(11)9-28-18(15)27)17(26)8-20-5-13-6-21-19(22-7-13)25-10-23-12(2)24-25/h3-4,6-7,10,17,20,26H,5,8-9H2,1-2H3/t17-/m0/s1. The summed E-state index contributed by atoms with van der Waals surface area (Å²) in [5, 5.41) is 17.9. The summed E-state index contributed by atoms with van der Waals surface area (Å²) in [4.78, 5) is 24.2. The minimum absolute atomic E-state index is 0.267. The molecule has 2 N–H and O–H groups in total. The van der Waals surface area contributed by atoms with Crippen LogP contribution < -0.4 is 5.32 Å². The van der Waals surface area contributed by atoms with Gasteiger partial charge in [0.1, 0.15) is 18.8 Å². The van der Waals surface area contributed by atoms with Gasteiger partial charge >= 0.3 is 5.97 Å². The Hall–Kier alpha value is -3.17. The molecule has 1 aliphatic rings. The summed E-state index contributed by atoms with van der Waals surface area (Å²) in [5.41, 5.74) is 4.01. The number of aryl methyl sites for hydroxylation is 1. The van der Waals surface area contributed by atoms with Crippen LogP contribution in [-0.2, 0) is 17.9 Å². The molecule has 28 heavy (non-hydrogen) atoms. The molecule has 3 heterocycles. The van der Waals surface area contributed by atoms with Gasteiger partial charge < -0.3 is 15.2 Å². The van der Waals surface area contributed by atoms with Gasteiger partial charge in [0, 0.05) is 36.6 Å². The number of esters is 1. The highest BCUT2D eigenvalue weighted by Crippen LogP contribution is 2.28. The van der Waals surface area contributed by atoms with Crippen LogP contribution in [0, 0.1) is 13.8 Å². The van der Waals surface area contributed by atoms with Gasteiger partial charge in [-0.25, -0.2) is 19.7 Å². The fourth-order valence-corrected chi connectivity index (χ4v) is 3.19. The molecule has 1 aromatic carbocycles. The van der Waals surface area contributed by atoms with Gasteiger partial charge in [-0.1, -0.05) is 6.07 Å². The minimum atomic E-state index is -0.695. The summed E-state index contributed by atoms with van der Waals surface area (Å²) < 4.78 is 6.58. The number of nitrogens with one attached hydrogen (secondary N) is 1. The SMILES string of the molecule is Cc1ncn(-c2ncc(CNC[C@H](O)c3ccc4c(c3C)COC4=O)cn2)n1. The molecule has 0 bridgehead atoms. The number of aliphatic hydroxyl groups excluding tert-OH is 1. The minimum Gasteiger partial charge on any atom is -0.457 e. The largest absolute Gasteiger partial charge is 0.457 e. The van der Waals surface area contributed by atoms with E-state index in [0.717, 1.165) is 22.3 Å². The molecule has 4 rings (SSSR count). The quantitative estimate of drug-likeness (QED) is 0.613. The summed E-state index contributed by atoms with van der Waals surface area (Å²) in [6.07, 6.45) is 4.29. The van der Waals surface area contributed by atoms with E-state index in [9.17, 15) is 9.90 Å². The molecule has 1 atom stereocenters. The number of aromatic nitrogens is 5. The number of aliphatic hydroxyl groups is 1. The maximum atomic E-state index is 11.6. The number of cyclic esters (lactones) is 1. The highest BCUT2D eigenvalue weighted by Gasteiger charge is 2.25. The molecule has 1 aliphatic heterocycles. The normalized spacial score (nSPS) is 14.0. The van der Waals surface area contributed by atoms with Crippen LogP contribution in [0.15, 0.2) is 30.9 Å². The van der Waals surface area contributed by atoms with E-state index in [4.69, 9.17) is 4.74 Å². The van der Waals surface area contributed by atoms with Gasteiger partial charge in [0.2, 0.25) is 0 Å². The van der Waals surface area contributed by atoms with Crippen LogP contribution >= 0.6 is 0 Å². The van der Waals surface area contributed by atoms with Crippen LogP contribution in [0.2, 0.25) is 0 Å². The Morgan fingerprint density at radius 1 is 1.25 bits per heavy atom. The van der Waals surface area contributed by atoms with E-state index in [-0.39, 0.29) is 12.6 Å². The van der Waals surface area contributed by atoms with E-state index in [0.29, 0.717) is 30.4 Å². The molecule has 0 radical (unpaired) electrons. The number of carbonyl (C=O) groups excluding carboxylic acids is 1. The molecular formula is C19H20N6O3. The Morgan fingerprint density at radius 2 is 2.04 bits per heavy atom. The predicted molar refractivity (Wildman–Crippen MR) is 98.7 cm³/mol. The molecule has 0 spiro atoms. The average Bonchev–Trinajstić information content (AvgIpc) is 3.29. The maximum Gasteiger partial charge on any atom is 0.338 e. The Morgan fingerprint density at radius 3 is 2.75 bits per heavy atom. The van der Waals surface area contributed by atoms with Crippen molar-refractivity contribution in [3.8, 4) is 5.95 Å². The lowest BCUT2D eigenvalue weighted by atomic mass is 9.95. The van der Waals surface area contributed by atoms with Crippen molar-refractivity contribution in [1.82, 2.24) is 30.0 Å². The molecule has 0 aliphatic carbocycles. The zero-order chi connectivity index (χ0) is 19.7. The lowest BCUT2D eigenvalue weighted by Crippen LogP contribution is -2.22. The summed E-state index contributed by atoms with van der Waals surface area (Å²) in [5.74, 6) is 0.804. The Bertz CT molecular complexity index is 1020. The molecule has 0 saturated carbocycles. The van der Waals surface area contributed by atoms with Crippen molar-refractivity contribution in [2.45, 2.75) is 33.1 Å². The molecule has 144 valence electrons. The number of carbonyl (C=O) groups is 1. The molecule has 0 unspecified atom stereocenters. The molecule has 0 saturated heterocycles. The van der Waals surface area contributed by atoms with Gasteiger partial charge in [0.15, 0.2) is 0 Å². The van der Waals surface area contributed by atoms with Crippen molar-refractivity contribution in [2.24, 2.45) is 0 Å². The van der Waals surface area contributed by atoms with Crippen molar-refractivity contribution in [2.75, 3.05) is 6.54 Å². The zero-order valence-corrected chi connectivity index (χ0v) is 15.6. The smallest absolute Gasteiger partial charge is 0.338 e. The number of hydrogen-bond donors (Lipinski definition) is 2. The molecule has 0 amide bonds. The Kier molecular flexibility index (Phi) is 4.84. The van der Waals surface area contributed by atoms with Gasteiger partial charge in [-0.05, 0) is 31.0 Å². The third-order valence-electron chi connectivity index (χ3n) is 4.74. The number of hydrogen-bond acceptors (Lipinski definition) is 8. The van der Waals surface area contributed by atoms with Gasteiger partial charge in [-0.2, -0.15) is 4.68 Å². The highest BCUT2D eigenvalue weighted by atomic mass is 16.5. The van der Waals surface area contributed by atoms with Gasteiger partial charge in [-0.15, -0.1) is 5.10 Å². The van der Waals surface area contributed by atoms with Gasteiger partial charge in [0.05, 0.1) is 11.7 Å². The molecule has 0 fully saturated rings. The molecule has 9 nitrogen and oxygen atoms in total. The van der Waals surface area contributed by atoms with Crippen molar-refractivity contribution in [3.05, 3.63) is 64.5 Å². The van der Waals surface area contributed by atoms with Crippen LogP contribution in [0.1, 0.15) is 44.5 Å². The first-order chi connectivity index (χ1) is 13.5. The van der Waals surface area contributed by atoms with Crippen molar-refractivity contribution < 1.29 is 14.6 Å². The van der Waals surface area contributed by atoms with E-state index in [2.05, 4.69) is 25.4 Å². The summed E-state index contributed by atoms with van der Waals surface area (Å²) in [6.45, 7) is 4.84. The first-order valence-corrected chi connectivity index (χ1v) is 8.91. The van der Waals surface area contributed by atoms with E-state index in [1.807, 2.05) is 6.92 Å². The maximum absolute atomic E-state index is 11.6. The summed E-state index contributed by atoms with van der Waals surface area (Å²) in [6, 6.07) is 3.50. The third-order valence-corrected chi connectivity index (χ3v) is 4.74. The fraction of sp³-hybridized carbons (Fsp3) is 0.316. The first kappa shape index (κ1) is 18.2. The van der Waals surface area contributed by atoms with E-state index >= 15 is 0 Å². The van der Waals surface area contributed by atoms with E-state index < -0.39 is 6.10 Å². The van der Waals surface area contributed by atoms with Crippen molar-refractivity contribution in [3.63, 3.8) is 0 Å². The van der Waals surface area contributed by atoms with Crippen molar-refractivity contribution >= 4 is 5.97 Å². The highest BCUT2D eigenvalue weighted by molar-refractivity contribution is 5.93. The van der Waals surface area contributed by atoms with Crippen LogP contribution in [0.3, 0.4) is 0 Å². The van der Waals surface area contributed by atoms with Gasteiger partial charge in [0.25, 0.3) is 5.95 Å². The number of rotatable bonds is 6. The lowest BCUT2D eigenvalue weighted by Gasteiger charge is -2.16. The number of nitrogens with zero attached hydrogens (tertiary/aromatic N) is 5. The molecular weight excluding hydrogens is 360 g/mol. The van der Waals surface area contributed by atoms with E-state index in [1.54, 1.807) is 37.8 Å². The second-order valence-corrected chi connectivity index (χ2v) is 6.66. The van der Waals surface area contributed by atoms with Crippen LogP contribution in [0.25, 0.3) is 5.95 Å². The monoisotopic (exact) mass is 380 g/mol. The fourth-order valence-electron chi connectivity index (χ4n) is 3.19. The van der Waals surface area contributed by atoms with Crippen molar-refractivity contribution in [1.29, 1.82) is 0 Å². The third kappa shape index (κ3) is 3.49. The van der Waals surface area contributed by atoms with Crippen LogP contribution in [0.4, 0.5) is 0 Å². The average molecular weight is 380 g/mol. The van der Waals surface area contributed by atoms with Crippen LogP contribution in [0.5, 0.6) is 0 Å². The number of fused-ring (bicyclic) bond motifs is 1. The predicted octanol–water partition coefficient (Wildman–Crippen LogP) is 1.17. The topological polar surface area (TPSA) is 115 Å². The van der Waals surface area contributed by atoms with E-state index in [1.165, 1.54) is 4.68 Å². The molecule has 2 aromatic heterocycles. The summed E-state index contributed by atoms with van der Waals surface area (Å²) >= 11 is 0. The molecule has 9 heteroatoms. The second kappa shape index (κ2) is 7.45. The Balaban J connectivity index is 1.36. The number of benzene rings is 1. The lowest BCUT2D eigenvalue weighted by molar-refractivity contribution is 0.0535. The van der Waals surface area contributed by atoms with Gasteiger partial charge in [-0.3, -0.25) is 0 Å². The zero-order valence-electron chi connectivity index (χ0n) is 15.6. The van der Waals surface area contributed by atoms with Crippen LogP contribution in [-0.4, -0.2) is 42.4 Å². The summed E-state index contributed by atoms with van der Waals surface area (Å²) in [7, 11) is 0. The first-order valence-electron chi connectivity index (χ1n) is 8.91. The number of ether oxygens (including phenoxy) is 1.